The summed E-state index contributed by atoms with van der Waals surface area (Å²) < 4.78 is 24.7. The molecule has 0 aliphatic carbocycles. The second kappa shape index (κ2) is 4.68. The van der Waals surface area contributed by atoms with E-state index in [1.807, 2.05) is 30.9 Å². The largest absolute Gasteiger partial charge is 0.356 e. The number of nitrogens with zero attached hydrogens (tertiary/aromatic N) is 1. The van der Waals surface area contributed by atoms with Crippen LogP contribution in [0.1, 0.15) is 11.1 Å². The molecule has 2 saturated heterocycles. The number of hydrogen-bond donors (Lipinski definition) is 1. The number of rotatable bonds is 1. The summed E-state index contributed by atoms with van der Waals surface area (Å²) in [5, 5.41) is 3.78. The van der Waals surface area contributed by atoms with Crippen molar-refractivity contribution in [1.29, 1.82) is 0 Å². The van der Waals surface area contributed by atoms with Crippen LogP contribution >= 0.6 is 28.1 Å². The van der Waals surface area contributed by atoms with Gasteiger partial charge in [-0.05, 0) is 49.3 Å². The van der Waals surface area contributed by atoms with Gasteiger partial charge >= 0.3 is 0 Å². The first kappa shape index (κ1) is 14.3. The number of benzene rings is 1. The maximum atomic E-state index is 11.8. The zero-order chi connectivity index (χ0) is 14.7. The van der Waals surface area contributed by atoms with Crippen molar-refractivity contribution in [2.45, 2.75) is 25.9 Å². The van der Waals surface area contributed by atoms with Crippen LogP contribution in [0.5, 0.6) is 0 Å². The molecule has 2 heterocycles. The van der Waals surface area contributed by atoms with Gasteiger partial charge in [-0.25, -0.2) is 8.42 Å². The number of nitrogens with one attached hydrogen (secondary N) is 1. The van der Waals surface area contributed by atoms with E-state index in [9.17, 15) is 8.42 Å². The molecule has 2 aliphatic rings. The molecule has 0 saturated carbocycles. The third kappa shape index (κ3) is 2.25. The normalized spacial score (nSPS) is 27.6. The fourth-order valence-electron chi connectivity index (χ4n) is 3.15. The smallest absolute Gasteiger partial charge is 0.174 e. The molecule has 4 nitrogen and oxygen atoms in total. The fourth-order valence-corrected chi connectivity index (χ4v) is 6.11. The van der Waals surface area contributed by atoms with Gasteiger partial charge in [0.1, 0.15) is 0 Å². The van der Waals surface area contributed by atoms with E-state index in [4.69, 9.17) is 12.2 Å². The number of halogens is 1. The van der Waals surface area contributed by atoms with E-state index in [1.54, 1.807) is 0 Å². The molecule has 0 unspecified atom stereocenters. The molecule has 7 heteroatoms. The first-order valence-corrected chi connectivity index (χ1v) is 9.38. The molecule has 2 atom stereocenters. The van der Waals surface area contributed by atoms with Crippen molar-refractivity contribution in [2.75, 3.05) is 16.4 Å². The summed E-state index contributed by atoms with van der Waals surface area (Å²) >= 11 is 8.89. The summed E-state index contributed by atoms with van der Waals surface area (Å²) in [7, 11) is -2.98. The van der Waals surface area contributed by atoms with Crippen molar-refractivity contribution in [3.8, 4) is 0 Å². The van der Waals surface area contributed by atoms with Crippen molar-refractivity contribution in [2.24, 2.45) is 0 Å². The van der Waals surface area contributed by atoms with Crippen molar-refractivity contribution >= 4 is 48.8 Å². The number of thiocarbonyl (C=S) groups is 1. The summed E-state index contributed by atoms with van der Waals surface area (Å²) in [5.41, 5.74) is 3.20. The van der Waals surface area contributed by atoms with E-state index in [1.165, 1.54) is 0 Å². The Morgan fingerprint density at radius 1 is 1.30 bits per heavy atom. The predicted octanol–water partition coefficient (Wildman–Crippen LogP) is 1.93. The Morgan fingerprint density at radius 3 is 2.50 bits per heavy atom. The lowest BCUT2D eigenvalue weighted by molar-refractivity contribution is 0.600. The molecule has 0 bridgehead atoms. The third-order valence-corrected chi connectivity index (χ3v) is 6.37. The van der Waals surface area contributed by atoms with E-state index in [2.05, 4.69) is 21.2 Å². The van der Waals surface area contributed by atoms with Crippen LogP contribution in [0.25, 0.3) is 0 Å². The first-order valence-electron chi connectivity index (χ1n) is 6.35. The van der Waals surface area contributed by atoms with Crippen LogP contribution in [-0.2, 0) is 9.84 Å². The lowest BCUT2D eigenvalue weighted by atomic mass is 10.1. The number of fused-ring (bicyclic) bond motifs is 1. The molecule has 1 aromatic rings. The van der Waals surface area contributed by atoms with E-state index in [-0.39, 0.29) is 23.6 Å². The summed E-state index contributed by atoms with van der Waals surface area (Å²) in [6.07, 6.45) is 0. The standard InChI is InChI=1S/C13H15BrN2O2S2/c1-7-3-9(14)4-8(2)12(7)16-11-6-20(17,18)5-10(11)15-13(16)19/h3-4,10-11H,5-6H2,1-2H3,(H,15,19)/t10-,11-/m1/s1. The molecule has 20 heavy (non-hydrogen) atoms. The lowest BCUT2D eigenvalue weighted by Gasteiger charge is -2.27. The highest BCUT2D eigenvalue weighted by Gasteiger charge is 2.48. The van der Waals surface area contributed by atoms with Crippen molar-refractivity contribution in [3.05, 3.63) is 27.7 Å². The molecule has 1 aromatic carbocycles. The highest BCUT2D eigenvalue weighted by Crippen LogP contribution is 2.35. The van der Waals surface area contributed by atoms with E-state index >= 15 is 0 Å². The van der Waals surface area contributed by atoms with Gasteiger partial charge in [0.25, 0.3) is 0 Å². The van der Waals surface area contributed by atoms with Gasteiger partial charge in [-0.3, -0.25) is 0 Å². The third-order valence-electron chi connectivity index (χ3n) is 3.88. The van der Waals surface area contributed by atoms with Gasteiger partial charge in [0.2, 0.25) is 0 Å². The van der Waals surface area contributed by atoms with Gasteiger partial charge in [-0.2, -0.15) is 0 Å². The van der Waals surface area contributed by atoms with Crippen LogP contribution in [-0.4, -0.2) is 37.1 Å². The van der Waals surface area contributed by atoms with E-state index in [0.717, 1.165) is 21.3 Å². The predicted molar refractivity (Wildman–Crippen MR) is 88.1 cm³/mol. The molecule has 0 radical (unpaired) electrons. The number of anilines is 1. The van der Waals surface area contributed by atoms with Crippen molar-refractivity contribution in [3.63, 3.8) is 0 Å². The Labute approximate surface area is 132 Å². The van der Waals surface area contributed by atoms with Gasteiger partial charge in [0.05, 0.1) is 23.6 Å². The highest BCUT2D eigenvalue weighted by molar-refractivity contribution is 9.10. The van der Waals surface area contributed by atoms with Gasteiger partial charge in [0, 0.05) is 10.2 Å². The minimum atomic E-state index is -2.98. The Morgan fingerprint density at radius 2 is 1.90 bits per heavy atom. The van der Waals surface area contributed by atoms with Gasteiger partial charge in [0.15, 0.2) is 14.9 Å². The number of aryl methyl sites for hydroxylation is 2. The van der Waals surface area contributed by atoms with Crippen LogP contribution in [0.2, 0.25) is 0 Å². The molecule has 0 spiro atoms. The maximum absolute atomic E-state index is 11.8. The maximum Gasteiger partial charge on any atom is 0.174 e. The minimum Gasteiger partial charge on any atom is -0.356 e. The molecular formula is C13H15BrN2O2S2. The quantitative estimate of drug-likeness (QED) is 0.761. The second-order valence-electron chi connectivity index (χ2n) is 5.46. The van der Waals surface area contributed by atoms with Gasteiger partial charge in [-0.15, -0.1) is 0 Å². The highest BCUT2D eigenvalue weighted by atomic mass is 79.9. The van der Waals surface area contributed by atoms with Crippen LogP contribution in [0.4, 0.5) is 5.69 Å². The van der Waals surface area contributed by atoms with Gasteiger partial charge < -0.3 is 10.2 Å². The Hall–Kier alpha value is -0.660. The van der Waals surface area contributed by atoms with Crippen LogP contribution in [0, 0.1) is 13.8 Å². The Kier molecular flexibility index (Phi) is 3.34. The summed E-state index contributed by atoms with van der Waals surface area (Å²) in [6, 6.07) is 3.88. The molecule has 0 aromatic heterocycles. The topological polar surface area (TPSA) is 49.4 Å². The molecule has 1 N–H and O–H groups in total. The zero-order valence-corrected chi connectivity index (χ0v) is 14.4. The minimum absolute atomic E-state index is 0.0880. The van der Waals surface area contributed by atoms with Crippen LogP contribution in [0.3, 0.4) is 0 Å². The number of sulfone groups is 1. The summed E-state index contributed by atoms with van der Waals surface area (Å²) in [6.45, 7) is 4.04. The molecule has 108 valence electrons. The van der Waals surface area contributed by atoms with E-state index < -0.39 is 9.84 Å². The molecule has 0 amide bonds. The van der Waals surface area contributed by atoms with Gasteiger partial charge in [-0.1, -0.05) is 15.9 Å². The van der Waals surface area contributed by atoms with Crippen molar-refractivity contribution in [1.82, 2.24) is 5.32 Å². The van der Waals surface area contributed by atoms with Crippen LogP contribution < -0.4 is 10.2 Å². The lowest BCUT2D eigenvalue weighted by Crippen LogP contribution is -2.37. The average Bonchev–Trinajstić information content (AvgIpc) is 2.70. The summed E-state index contributed by atoms with van der Waals surface area (Å²) in [4.78, 5) is 1.99. The van der Waals surface area contributed by atoms with E-state index in [0.29, 0.717) is 5.11 Å². The SMILES string of the molecule is Cc1cc(Br)cc(C)c1N1C(=S)N[C@@H]2CS(=O)(=O)C[C@H]21. The Balaban J connectivity index is 2.08. The molecule has 3 rings (SSSR count). The Bertz CT molecular complexity index is 679. The molecule has 2 fully saturated rings. The number of hydrogen-bond acceptors (Lipinski definition) is 3. The first-order chi connectivity index (χ1) is 9.28. The molecule has 2 aliphatic heterocycles. The average molecular weight is 375 g/mol. The zero-order valence-electron chi connectivity index (χ0n) is 11.2. The monoisotopic (exact) mass is 374 g/mol. The van der Waals surface area contributed by atoms with Crippen LogP contribution in [0.15, 0.2) is 16.6 Å². The molecular weight excluding hydrogens is 360 g/mol. The van der Waals surface area contributed by atoms with Crippen molar-refractivity contribution < 1.29 is 8.42 Å². The fraction of sp³-hybridized carbons (Fsp3) is 0.462. The second-order valence-corrected chi connectivity index (χ2v) is 8.91. The summed E-state index contributed by atoms with van der Waals surface area (Å²) in [5.74, 6) is 0.336.